The third-order valence-electron chi connectivity index (χ3n) is 3.67. The Bertz CT molecular complexity index is 467. The van der Waals surface area contributed by atoms with Crippen molar-refractivity contribution in [1.82, 2.24) is 20.4 Å². The molecule has 112 valence electrons. The quantitative estimate of drug-likeness (QED) is 0.432. The lowest BCUT2D eigenvalue weighted by Crippen LogP contribution is -2.51. The molecule has 1 aromatic rings. The number of aliphatic imine (C=N–C) groups is 1. The first-order valence-electron chi connectivity index (χ1n) is 6.86. The molecule has 0 saturated heterocycles. The van der Waals surface area contributed by atoms with Crippen LogP contribution in [0, 0.1) is 0 Å². The van der Waals surface area contributed by atoms with Crippen LogP contribution < -0.4 is 10.6 Å². The van der Waals surface area contributed by atoms with Gasteiger partial charge in [0, 0.05) is 38.9 Å². The molecule has 1 aliphatic carbocycles. The van der Waals surface area contributed by atoms with Crippen LogP contribution in [0.15, 0.2) is 17.4 Å². The summed E-state index contributed by atoms with van der Waals surface area (Å²) in [7, 11) is 3.47. The van der Waals surface area contributed by atoms with Crippen LogP contribution in [-0.4, -0.2) is 51.7 Å². The van der Waals surface area contributed by atoms with Crippen molar-refractivity contribution in [2.75, 3.05) is 20.1 Å². The fourth-order valence-corrected chi connectivity index (χ4v) is 2.15. The summed E-state index contributed by atoms with van der Waals surface area (Å²) in [5.74, 6) is 0.577. The molecule has 1 saturated carbocycles. The molecule has 1 heterocycles. The first-order chi connectivity index (χ1) is 9.52. The van der Waals surface area contributed by atoms with Crippen molar-refractivity contribution < 1.29 is 10.2 Å². The van der Waals surface area contributed by atoms with Crippen molar-refractivity contribution in [3.8, 4) is 0 Å². The van der Waals surface area contributed by atoms with Gasteiger partial charge >= 0.3 is 0 Å². The minimum atomic E-state index is -0.644. The van der Waals surface area contributed by atoms with E-state index in [-0.39, 0.29) is 0 Å². The number of nitrogens with zero attached hydrogens (tertiary/aromatic N) is 3. The Labute approximate surface area is 118 Å². The largest absolute Gasteiger partial charge is 0.388 e. The number of aliphatic hydroxyl groups is 2. The first-order valence-corrected chi connectivity index (χ1v) is 6.86. The molecule has 0 aliphatic heterocycles. The molecule has 0 bridgehead atoms. The molecular weight excluding hydrogens is 258 g/mol. The summed E-state index contributed by atoms with van der Waals surface area (Å²) >= 11 is 0. The Balaban J connectivity index is 1.76. The molecule has 1 aromatic heterocycles. The highest BCUT2D eigenvalue weighted by Crippen LogP contribution is 2.30. The molecule has 0 radical (unpaired) electrons. The summed E-state index contributed by atoms with van der Waals surface area (Å²) in [6.07, 6.45) is 5.50. The second-order valence-electron chi connectivity index (χ2n) is 5.35. The van der Waals surface area contributed by atoms with Crippen LogP contribution in [0.1, 0.15) is 30.9 Å². The van der Waals surface area contributed by atoms with Gasteiger partial charge in [-0.1, -0.05) is 0 Å². The highest BCUT2D eigenvalue weighted by atomic mass is 16.3. The SMILES string of the molecule is CN=C(NCC(O)c1cnn(C)c1)NCC1(O)CCC1. The van der Waals surface area contributed by atoms with E-state index >= 15 is 0 Å². The van der Waals surface area contributed by atoms with Crippen LogP contribution in [0.2, 0.25) is 0 Å². The van der Waals surface area contributed by atoms with Crippen molar-refractivity contribution in [1.29, 1.82) is 0 Å². The highest BCUT2D eigenvalue weighted by molar-refractivity contribution is 5.79. The van der Waals surface area contributed by atoms with Gasteiger partial charge in [0.05, 0.1) is 17.9 Å². The monoisotopic (exact) mass is 281 g/mol. The van der Waals surface area contributed by atoms with Gasteiger partial charge in [0.2, 0.25) is 0 Å². The Morgan fingerprint density at radius 2 is 2.30 bits per heavy atom. The molecule has 4 N–H and O–H groups in total. The van der Waals surface area contributed by atoms with Gasteiger partial charge in [0.1, 0.15) is 0 Å². The van der Waals surface area contributed by atoms with Gasteiger partial charge in [-0.3, -0.25) is 9.67 Å². The van der Waals surface area contributed by atoms with E-state index in [1.54, 1.807) is 24.1 Å². The predicted octanol–water partition coefficient (Wildman–Crippen LogP) is -0.466. The molecule has 7 heteroatoms. The fourth-order valence-electron chi connectivity index (χ4n) is 2.15. The summed E-state index contributed by atoms with van der Waals surface area (Å²) in [5, 5.41) is 30.2. The van der Waals surface area contributed by atoms with E-state index in [2.05, 4.69) is 20.7 Å². The van der Waals surface area contributed by atoms with Gasteiger partial charge in [0.25, 0.3) is 0 Å². The van der Waals surface area contributed by atoms with Gasteiger partial charge < -0.3 is 20.8 Å². The molecule has 2 rings (SSSR count). The molecule has 0 aromatic carbocycles. The standard InChI is InChI=1S/C13H23N5O2/c1-14-12(16-9-13(20)4-3-5-13)15-7-11(19)10-6-17-18(2)8-10/h6,8,11,19-20H,3-5,7,9H2,1-2H3,(H2,14,15,16). The van der Waals surface area contributed by atoms with Gasteiger partial charge in [-0.25, -0.2) is 0 Å². The van der Waals surface area contributed by atoms with Crippen LogP contribution in [0.4, 0.5) is 0 Å². The minimum Gasteiger partial charge on any atom is -0.388 e. The third-order valence-corrected chi connectivity index (χ3v) is 3.67. The first kappa shape index (κ1) is 14.8. The molecule has 7 nitrogen and oxygen atoms in total. The smallest absolute Gasteiger partial charge is 0.191 e. The van der Waals surface area contributed by atoms with Gasteiger partial charge in [-0.2, -0.15) is 5.10 Å². The fraction of sp³-hybridized carbons (Fsp3) is 0.692. The molecule has 0 amide bonds. The Morgan fingerprint density at radius 3 is 2.80 bits per heavy atom. The van der Waals surface area contributed by atoms with E-state index in [0.717, 1.165) is 24.8 Å². The van der Waals surface area contributed by atoms with Crippen molar-refractivity contribution in [2.45, 2.75) is 31.0 Å². The predicted molar refractivity (Wildman–Crippen MR) is 76.3 cm³/mol. The zero-order chi connectivity index (χ0) is 14.6. The molecule has 20 heavy (non-hydrogen) atoms. The van der Waals surface area contributed by atoms with E-state index in [4.69, 9.17) is 0 Å². The van der Waals surface area contributed by atoms with Crippen molar-refractivity contribution in [3.63, 3.8) is 0 Å². The number of guanidine groups is 1. The number of nitrogens with one attached hydrogen (secondary N) is 2. The normalized spacial score (nSPS) is 19.3. The lowest BCUT2D eigenvalue weighted by atomic mass is 9.80. The number of hydrogen-bond donors (Lipinski definition) is 4. The second kappa shape index (κ2) is 6.23. The van der Waals surface area contributed by atoms with Crippen LogP contribution >= 0.6 is 0 Å². The van der Waals surface area contributed by atoms with Gasteiger partial charge in [-0.05, 0) is 19.3 Å². The molecule has 1 fully saturated rings. The summed E-state index contributed by atoms with van der Waals surface area (Å²) < 4.78 is 1.65. The average Bonchev–Trinajstić information content (AvgIpc) is 2.83. The summed E-state index contributed by atoms with van der Waals surface area (Å²) in [4.78, 5) is 4.07. The van der Waals surface area contributed by atoms with Crippen molar-refractivity contribution >= 4 is 5.96 Å². The average molecular weight is 281 g/mol. The molecule has 1 aliphatic rings. The zero-order valence-electron chi connectivity index (χ0n) is 12.0. The lowest BCUT2D eigenvalue weighted by molar-refractivity contribution is -0.0279. The van der Waals surface area contributed by atoms with Gasteiger partial charge in [0.15, 0.2) is 5.96 Å². The molecule has 0 spiro atoms. The number of hydrogen-bond acceptors (Lipinski definition) is 4. The van der Waals surface area contributed by atoms with E-state index in [1.165, 1.54) is 0 Å². The summed E-state index contributed by atoms with van der Waals surface area (Å²) in [5.41, 5.74) is 0.160. The number of rotatable bonds is 5. The summed E-state index contributed by atoms with van der Waals surface area (Å²) in [6, 6.07) is 0. The van der Waals surface area contributed by atoms with Crippen molar-refractivity contribution in [2.24, 2.45) is 12.0 Å². The topological polar surface area (TPSA) is 94.7 Å². The maximum absolute atomic E-state index is 10.0. The van der Waals surface area contributed by atoms with E-state index in [9.17, 15) is 10.2 Å². The Kier molecular flexibility index (Phi) is 4.61. The second-order valence-corrected chi connectivity index (χ2v) is 5.35. The van der Waals surface area contributed by atoms with E-state index in [0.29, 0.717) is 19.0 Å². The maximum Gasteiger partial charge on any atom is 0.191 e. The van der Waals surface area contributed by atoms with Crippen LogP contribution in [0.25, 0.3) is 0 Å². The van der Waals surface area contributed by atoms with Crippen LogP contribution in [-0.2, 0) is 7.05 Å². The van der Waals surface area contributed by atoms with Crippen LogP contribution in [0.3, 0.4) is 0 Å². The number of aliphatic hydroxyl groups excluding tert-OH is 1. The minimum absolute atomic E-state index is 0.337. The summed E-state index contributed by atoms with van der Waals surface area (Å²) in [6.45, 7) is 0.819. The lowest BCUT2D eigenvalue weighted by Gasteiger charge is -2.37. The molecule has 1 atom stereocenters. The molecule has 1 unspecified atom stereocenters. The highest BCUT2D eigenvalue weighted by Gasteiger charge is 2.34. The van der Waals surface area contributed by atoms with Crippen molar-refractivity contribution in [3.05, 3.63) is 18.0 Å². The zero-order valence-corrected chi connectivity index (χ0v) is 12.0. The van der Waals surface area contributed by atoms with E-state index in [1.807, 2.05) is 7.05 Å². The Hall–Kier alpha value is -1.60. The number of aromatic nitrogens is 2. The van der Waals surface area contributed by atoms with Crippen LogP contribution in [0.5, 0.6) is 0 Å². The van der Waals surface area contributed by atoms with Gasteiger partial charge in [-0.15, -0.1) is 0 Å². The third kappa shape index (κ3) is 3.71. The molecular formula is C13H23N5O2. The maximum atomic E-state index is 10.0. The Morgan fingerprint density at radius 1 is 1.55 bits per heavy atom. The van der Waals surface area contributed by atoms with E-state index < -0.39 is 11.7 Å². The number of aryl methyl sites for hydroxylation is 1.